The van der Waals surface area contributed by atoms with Gasteiger partial charge in [0.25, 0.3) is 5.56 Å². The highest BCUT2D eigenvalue weighted by Crippen LogP contribution is 2.18. The van der Waals surface area contributed by atoms with Crippen molar-refractivity contribution in [2.24, 2.45) is 0 Å². The van der Waals surface area contributed by atoms with Gasteiger partial charge in [-0.25, -0.2) is 8.78 Å². The Morgan fingerprint density at radius 1 is 1.05 bits per heavy atom. The summed E-state index contributed by atoms with van der Waals surface area (Å²) in [5.74, 6) is -0.900. The lowest BCUT2D eigenvalue weighted by Gasteiger charge is -2.08. The average Bonchev–Trinajstić information content (AvgIpc) is 2.46. The van der Waals surface area contributed by atoms with Gasteiger partial charge >= 0.3 is 0 Å². The van der Waals surface area contributed by atoms with Crippen molar-refractivity contribution in [3.63, 3.8) is 0 Å². The van der Waals surface area contributed by atoms with Crippen LogP contribution < -0.4 is 5.56 Å². The van der Waals surface area contributed by atoms with Crippen LogP contribution in [0.1, 0.15) is 5.56 Å². The number of halogens is 3. The zero-order valence-corrected chi connectivity index (χ0v) is 12.4. The Hall–Kier alpha value is -2.01. The number of hydrogen-bond donors (Lipinski definition) is 0. The van der Waals surface area contributed by atoms with Crippen molar-refractivity contribution < 1.29 is 8.78 Å². The normalized spacial score (nSPS) is 11.0. The molecule has 0 fully saturated rings. The van der Waals surface area contributed by atoms with E-state index in [1.54, 1.807) is 36.5 Å². The molecule has 2 aromatic carbocycles. The van der Waals surface area contributed by atoms with E-state index in [1.165, 1.54) is 16.7 Å². The number of benzene rings is 2. The number of fused-ring (bicyclic) bond motifs is 1. The summed E-state index contributed by atoms with van der Waals surface area (Å²) in [7, 11) is 0. The molecule has 106 valence electrons. The second kappa shape index (κ2) is 5.41. The number of hydrogen-bond acceptors (Lipinski definition) is 1. The highest BCUT2D eigenvalue weighted by Gasteiger charge is 2.08. The van der Waals surface area contributed by atoms with Gasteiger partial charge in [-0.05, 0) is 51.1 Å². The first-order valence-corrected chi connectivity index (χ1v) is 7.07. The van der Waals surface area contributed by atoms with Crippen LogP contribution in [-0.2, 0) is 6.54 Å². The van der Waals surface area contributed by atoms with Gasteiger partial charge in [0.15, 0.2) is 0 Å². The predicted octanol–water partition coefficient (Wildman–Crippen LogP) is 4.09. The van der Waals surface area contributed by atoms with Gasteiger partial charge in [0, 0.05) is 6.20 Å². The summed E-state index contributed by atoms with van der Waals surface area (Å²) in [4.78, 5) is 12.3. The van der Waals surface area contributed by atoms with Crippen LogP contribution in [-0.4, -0.2) is 4.57 Å². The number of pyridine rings is 1. The Kier molecular flexibility index (Phi) is 3.59. The molecule has 0 saturated carbocycles. The number of rotatable bonds is 2. The van der Waals surface area contributed by atoms with Gasteiger partial charge in [0.1, 0.15) is 11.6 Å². The van der Waals surface area contributed by atoms with Crippen molar-refractivity contribution in [2.75, 3.05) is 0 Å². The Balaban J connectivity index is 2.09. The minimum Gasteiger partial charge on any atom is -0.310 e. The van der Waals surface area contributed by atoms with Crippen LogP contribution in [0, 0.1) is 11.6 Å². The van der Waals surface area contributed by atoms with Gasteiger partial charge in [-0.1, -0.05) is 18.2 Å². The summed E-state index contributed by atoms with van der Waals surface area (Å²) in [6, 6.07) is 10.7. The molecule has 0 atom stereocenters. The van der Waals surface area contributed by atoms with Crippen molar-refractivity contribution in [3.05, 3.63) is 80.7 Å². The summed E-state index contributed by atoms with van der Waals surface area (Å²) in [5, 5.41) is 0.637. The van der Waals surface area contributed by atoms with Gasteiger partial charge in [-0.3, -0.25) is 4.79 Å². The quantitative estimate of drug-likeness (QED) is 0.682. The first-order valence-electron chi connectivity index (χ1n) is 6.28. The summed E-state index contributed by atoms with van der Waals surface area (Å²) in [5.41, 5.74) is 0.354. The van der Waals surface area contributed by atoms with Crippen LogP contribution in [0.25, 0.3) is 10.8 Å². The molecule has 0 N–H and O–H groups in total. The molecule has 0 bridgehead atoms. The lowest BCUT2D eigenvalue weighted by molar-refractivity contribution is 0.619. The van der Waals surface area contributed by atoms with E-state index < -0.39 is 11.4 Å². The lowest BCUT2D eigenvalue weighted by atomic mass is 10.1. The minimum atomic E-state index is -0.535. The van der Waals surface area contributed by atoms with Gasteiger partial charge in [0.2, 0.25) is 0 Å². The largest absolute Gasteiger partial charge is 0.310 e. The monoisotopic (exact) mass is 349 g/mol. The van der Waals surface area contributed by atoms with Crippen LogP contribution in [0.15, 0.2) is 57.9 Å². The summed E-state index contributed by atoms with van der Waals surface area (Å²) < 4.78 is 28.8. The number of nitrogens with zero attached hydrogens (tertiary/aromatic N) is 1. The standard InChI is InChI=1S/C16H10BrF2NO/c17-12-8-10(4-5-13(12)18)9-20-7-6-11-2-1-3-14(19)15(11)16(20)21/h1-8H,9H2. The fraction of sp³-hybridized carbons (Fsp3) is 0.0625. The third kappa shape index (κ3) is 2.61. The summed E-state index contributed by atoms with van der Waals surface area (Å²) >= 11 is 3.11. The SMILES string of the molecule is O=c1c2c(F)cccc2ccn1Cc1ccc(F)c(Br)c1. The molecule has 0 amide bonds. The van der Waals surface area contributed by atoms with Crippen LogP contribution >= 0.6 is 15.9 Å². The third-order valence-electron chi connectivity index (χ3n) is 3.29. The van der Waals surface area contributed by atoms with E-state index >= 15 is 0 Å². The smallest absolute Gasteiger partial charge is 0.261 e. The first-order chi connectivity index (χ1) is 10.1. The summed E-state index contributed by atoms with van der Waals surface area (Å²) in [6.07, 6.45) is 1.61. The molecule has 1 aromatic heterocycles. The Morgan fingerprint density at radius 2 is 1.86 bits per heavy atom. The zero-order chi connectivity index (χ0) is 15.0. The molecular formula is C16H10BrF2NO. The molecule has 1 heterocycles. The maximum absolute atomic E-state index is 13.8. The maximum Gasteiger partial charge on any atom is 0.261 e. The Labute approximate surface area is 127 Å². The number of aromatic nitrogens is 1. The molecule has 0 aliphatic heterocycles. The fourth-order valence-electron chi connectivity index (χ4n) is 2.25. The van der Waals surface area contributed by atoms with Crippen LogP contribution in [0.4, 0.5) is 8.78 Å². The van der Waals surface area contributed by atoms with Crippen molar-refractivity contribution in [2.45, 2.75) is 6.54 Å². The van der Waals surface area contributed by atoms with E-state index in [-0.39, 0.29) is 17.7 Å². The van der Waals surface area contributed by atoms with Crippen molar-refractivity contribution in [1.29, 1.82) is 0 Å². The molecule has 0 saturated heterocycles. The maximum atomic E-state index is 13.8. The molecule has 0 aliphatic carbocycles. The average molecular weight is 350 g/mol. The first kappa shape index (κ1) is 13.9. The van der Waals surface area contributed by atoms with Crippen LogP contribution in [0.5, 0.6) is 0 Å². The zero-order valence-electron chi connectivity index (χ0n) is 10.8. The molecule has 0 radical (unpaired) electrons. The molecule has 21 heavy (non-hydrogen) atoms. The third-order valence-corrected chi connectivity index (χ3v) is 3.90. The fourth-order valence-corrected chi connectivity index (χ4v) is 2.67. The highest BCUT2D eigenvalue weighted by molar-refractivity contribution is 9.10. The molecule has 2 nitrogen and oxygen atoms in total. The van der Waals surface area contributed by atoms with Crippen LogP contribution in [0.3, 0.4) is 0 Å². The van der Waals surface area contributed by atoms with Gasteiger partial charge < -0.3 is 4.57 Å². The van der Waals surface area contributed by atoms with Crippen LogP contribution in [0.2, 0.25) is 0 Å². The highest BCUT2D eigenvalue weighted by atomic mass is 79.9. The molecule has 3 aromatic rings. The lowest BCUT2D eigenvalue weighted by Crippen LogP contribution is -2.20. The molecule has 0 aliphatic rings. The van der Waals surface area contributed by atoms with Crippen molar-refractivity contribution >= 4 is 26.7 Å². The Bertz CT molecular complexity index is 889. The predicted molar refractivity (Wildman–Crippen MR) is 81.4 cm³/mol. The van der Waals surface area contributed by atoms with Crippen molar-refractivity contribution in [3.8, 4) is 0 Å². The topological polar surface area (TPSA) is 22.0 Å². The van der Waals surface area contributed by atoms with E-state index in [0.717, 1.165) is 5.56 Å². The molecule has 3 rings (SSSR count). The second-order valence-electron chi connectivity index (χ2n) is 4.70. The van der Waals surface area contributed by atoms with Gasteiger partial charge in [-0.2, -0.15) is 0 Å². The molecular weight excluding hydrogens is 340 g/mol. The van der Waals surface area contributed by atoms with E-state index in [1.807, 2.05) is 0 Å². The van der Waals surface area contributed by atoms with E-state index in [2.05, 4.69) is 15.9 Å². The van der Waals surface area contributed by atoms with Gasteiger partial charge in [0.05, 0.1) is 16.4 Å². The molecule has 0 spiro atoms. The van der Waals surface area contributed by atoms with E-state index in [4.69, 9.17) is 0 Å². The van der Waals surface area contributed by atoms with E-state index in [9.17, 15) is 13.6 Å². The van der Waals surface area contributed by atoms with E-state index in [0.29, 0.717) is 9.86 Å². The Morgan fingerprint density at radius 3 is 2.62 bits per heavy atom. The summed E-state index contributed by atoms with van der Waals surface area (Å²) in [6.45, 7) is 0.252. The molecule has 5 heteroatoms. The minimum absolute atomic E-state index is 0.0705. The van der Waals surface area contributed by atoms with Crippen molar-refractivity contribution in [1.82, 2.24) is 4.57 Å². The second-order valence-corrected chi connectivity index (χ2v) is 5.56. The molecule has 0 unspecified atom stereocenters. The van der Waals surface area contributed by atoms with Gasteiger partial charge in [-0.15, -0.1) is 0 Å².